The normalized spacial score (nSPS) is 12.1. The van der Waals surface area contributed by atoms with Gasteiger partial charge in [-0.3, -0.25) is 0 Å². The number of fused-ring (bicyclic) bond motifs is 13. The van der Waals surface area contributed by atoms with Crippen LogP contribution >= 0.6 is 0 Å². The summed E-state index contributed by atoms with van der Waals surface area (Å²) in [6.45, 7) is 0. The lowest BCUT2D eigenvalue weighted by atomic mass is 9.93. The van der Waals surface area contributed by atoms with Crippen molar-refractivity contribution in [2.75, 3.05) is 0 Å². The van der Waals surface area contributed by atoms with Gasteiger partial charge in [0.05, 0.1) is 11.0 Å². The van der Waals surface area contributed by atoms with E-state index in [0.717, 1.165) is 0 Å². The van der Waals surface area contributed by atoms with Gasteiger partial charge in [-0.25, -0.2) is 0 Å². The Bertz CT molecular complexity index is 2440. The van der Waals surface area contributed by atoms with E-state index < -0.39 is 0 Å². The predicted molar refractivity (Wildman–Crippen MR) is 168 cm³/mol. The first kappa shape index (κ1) is 20.9. The largest absolute Gasteiger partial charge is 0.309 e. The van der Waals surface area contributed by atoms with Gasteiger partial charge in [0.15, 0.2) is 0 Å². The Kier molecular flexibility index (Phi) is 4.11. The van der Waals surface area contributed by atoms with Crippen LogP contribution in [0.1, 0.15) is 0 Å². The first-order valence-corrected chi connectivity index (χ1v) is 13.5. The molecule has 0 saturated carbocycles. The SMILES string of the molecule is c1ccc2c(c1)ccc1ccc(-n3c4ccccc4c4c5c6ccccc6ccc5c5ccccc5c43)cc12. The molecule has 9 aromatic rings. The maximum Gasteiger partial charge on any atom is 0.0626 e. The van der Waals surface area contributed by atoms with Crippen LogP contribution in [0.3, 0.4) is 0 Å². The number of rotatable bonds is 1. The summed E-state index contributed by atoms with van der Waals surface area (Å²) in [4.78, 5) is 0. The molecule has 0 bridgehead atoms. The van der Waals surface area contributed by atoms with Crippen LogP contribution in [-0.4, -0.2) is 4.57 Å². The molecule has 0 saturated heterocycles. The summed E-state index contributed by atoms with van der Waals surface area (Å²) in [5.41, 5.74) is 3.70. The molecule has 0 fully saturated rings. The molecular formula is C38H23N. The Morgan fingerprint density at radius 1 is 0.333 bits per heavy atom. The second kappa shape index (κ2) is 7.69. The van der Waals surface area contributed by atoms with Crippen molar-refractivity contribution in [1.29, 1.82) is 0 Å². The molecule has 0 amide bonds. The molecule has 1 nitrogen and oxygen atoms in total. The maximum absolute atomic E-state index is 2.50. The van der Waals surface area contributed by atoms with Gasteiger partial charge in [-0.1, -0.05) is 121 Å². The van der Waals surface area contributed by atoms with Crippen LogP contribution in [0, 0.1) is 0 Å². The minimum atomic E-state index is 1.19. The van der Waals surface area contributed by atoms with Crippen LogP contribution in [0.4, 0.5) is 0 Å². The van der Waals surface area contributed by atoms with E-state index in [1.807, 2.05) is 0 Å². The summed E-state index contributed by atoms with van der Waals surface area (Å²) < 4.78 is 2.50. The average molecular weight is 494 g/mol. The minimum Gasteiger partial charge on any atom is -0.309 e. The number of hydrogen-bond acceptors (Lipinski definition) is 0. The van der Waals surface area contributed by atoms with Gasteiger partial charge in [-0.2, -0.15) is 0 Å². The van der Waals surface area contributed by atoms with Gasteiger partial charge in [-0.05, 0) is 61.3 Å². The molecule has 0 spiro atoms. The summed E-state index contributed by atoms with van der Waals surface area (Å²) in [5, 5.41) is 15.5. The standard InChI is InChI=1S/C38H23N/c1-3-11-28-24(9-1)17-18-26-19-21-27(23-34(26)28)39-35-16-8-7-15-33(35)37-36-29-12-4-2-10-25(29)20-22-31(36)30-13-5-6-14-32(30)38(37)39/h1-23H. The van der Waals surface area contributed by atoms with Gasteiger partial charge in [0.25, 0.3) is 0 Å². The molecule has 0 aliphatic heterocycles. The highest BCUT2D eigenvalue weighted by Crippen LogP contribution is 2.45. The van der Waals surface area contributed by atoms with Gasteiger partial charge in [0.2, 0.25) is 0 Å². The highest BCUT2D eigenvalue weighted by atomic mass is 15.0. The third-order valence-electron chi connectivity index (χ3n) is 8.51. The van der Waals surface area contributed by atoms with Crippen molar-refractivity contribution in [2.45, 2.75) is 0 Å². The van der Waals surface area contributed by atoms with Crippen molar-refractivity contribution < 1.29 is 0 Å². The van der Waals surface area contributed by atoms with Gasteiger partial charge in [-0.15, -0.1) is 0 Å². The first-order valence-electron chi connectivity index (χ1n) is 13.5. The van der Waals surface area contributed by atoms with Crippen molar-refractivity contribution in [2.24, 2.45) is 0 Å². The maximum atomic E-state index is 2.50. The van der Waals surface area contributed by atoms with E-state index in [1.165, 1.54) is 81.4 Å². The van der Waals surface area contributed by atoms with Crippen molar-refractivity contribution in [1.82, 2.24) is 4.57 Å². The molecule has 0 aliphatic rings. The Hall–Kier alpha value is -5.14. The lowest BCUT2D eigenvalue weighted by Crippen LogP contribution is -1.95. The number of benzene rings is 8. The molecule has 0 unspecified atom stereocenters. The molecule has 0 N–H and O–H groups in total. The fraction of sp³-hybridized carbons (Fsp3) is 0. The molecule has 39 heavy (non-hydrogen) atoms. The molecule has 0 aliphatic carbocycles. The predicted octanol–water partition coefficient (Wildman–Crippen LogP) is 10.5. The van der Waals surface area contributed by atoms with Crippen LogP contribution in [0.5, 0.6) is 0 Å². The lowest BCUT2D eigenvalue weighted by Gasteiger charge is -2.14. The average Bonchev–Trinajstić information content (AvgIpc) is 3.36. The van der Waals surface area contributed by atoms with Crippen LogP contribution in [0.2, 0.25) is 0 Å². The molecule has 8 aromatic carbocycles. The Morgan fingerprint density at radius 2 is 0.897 bits per heavy atom. The van der Waals surface area contributed by atoms with Crippen LogP contribution in [0.15, 0.2) is 140 Å². The Balaban J connectivity index is 1.56. The summed E-state index contributed by atoms with van der Waals surface area (Å²) in [6.07, 6.45) is 0. The zero-order valence-corrected chi connectivity index (χ0v) is 21.2. The molecule has 1 heterocycles. The van der Waals surface area contributed by atoms with Crippen molar-refractivity contribution in [3.63, 3.8) is 0 Å². The fourth-order valence-electron chi connectivity index (χ4n) is 6.84. The number of nitrogens with zero attached hydrogens (tertiary/aromatic N) is 1. The van der Waals surface area contributed by atoms with Gasteiger partial charge >= 0.3 is 0 Å². The molecule has 0 atom stereocenters. The topological polar surface area (TPSA) is 4.93 Å². The molecule has 1 heteroatoms. The smallest absolute Gasteiger partial charge is 0.0626 e. The van der Waals surface area contributed by atoms with Crippen molar-refractivity contribution in [3.05, 3.63) is 140 Å². The third-order valence-corrected chi connectivity index (χ3v) is 8.51. The lowest BCUT2D eigenvalue weighted by molar-refractivity contribution is 1.19. The highest BCUT2D eigenvalue weighted by Gasteiger charge is 2.20. The zero-order valence-electron chi connectivity index (χ0n) is 21.2. The van der Waals surface area contributed by atoms with E-state index in [-0.39, 0.29) is 0 Å². The molecule has 9 rings (SSSR count). The van der Waals surface area contributed by atoms with E-state index in [1.54, 1.807) is 0 Å². The Morgan fingerprint density at radius 3 is 1.72 bits per heavy atom. The van der Waals surface area contributed by atoms with E-state index in [9.17, 15) is 0 Å². The summed E-state index contributed by atoms with van der Waals surface area (Å²) in [7, 11) is 0. The number of aromatic nitrogens is 1. The third kappa shape index (κ3) is 2.79. The Labute approximate surface area is 225 Å². The zero-order chi connectivity index (χ0) is 25.5. The quantitative estimate of drug-likeness (QED) is 0.200. The minimum absolute atomic E-state index is 1.19. The fourth-order valence-corrected chi connectivity index (χ4v) is 6.84. The number of para-hydroxylation sites is 1. The second-order valence-corrected chi connectivity index (χ2v) is 10.5. The molecule has 1 aromatic heterocycles. The van der Waals surface area contributed by atoms with Gasteiger partial charge in [0, 0.05) is 27.2 Å². The van der Waals surface area contributed by atoms with Gasteiger partial charge < -0.3 is 4.57 Å². The molecule has 180 valence electrons. The van der Waals surface area contributed by atoms with E-state index in [0.29, 0.717) is 0 Å². The molecule has 0 radical (unpaired) electrons. The summed E-state index contributed by atoms with van der Waals surface area (Å²) in [5.74, 6) is 0. The van der Waals surface area contributed by atoms with Crippen LogP contribution < -0.4 is 0 Å². The first-order chi connectivity index (χ1) is 19.4. The highest BCUT2D eigenvalue weighted by molar-refractivity contribution is 6.36. The molecular weight excluding hydrogens is 470 g/mol. The second-order valence-electron chi connectivity index (χ2n) is 10.5. The summed E-state index contributed by atoms with van der Waals surface area (Å²) >= 11 is 0. The summed E-state index contributed by atoms with van der Waals surface area (Å²) in [6, 6.07) is 51.3. The monoisotopic (exact) mass is 493 g/mol. The van der Waals surface area contributed by atoms with Gasteiger partial charge in [0.1, 0.15) is 0 Å². The van der Waals surface area contributed by atoms with E-state index in [4.69, 9.17) is 0 Å². The van der Waals surface area contributed by atoms with Crippen molar-refractivity contribution in [3.8, 4) is 5.69 Å². The van der Waals surface area contributed by atoms with E-state index in [2.05, 4.69) is 144 Å². The van der Waals surface area contributed by atoms with Crippen LogP contribution in [0.25, 0.3) is 81.4 Å². The van der Waals surface area contributed by atoms with Crippen LogP contribution in [-0.2, 0) is 0 Å². The van der Waals surface area contributed by atoms with Crippen molar-refractivity contribution >= 4 is 75.7 Å². The number of hydrogen-bond donors (Lipinski definition) is 0. The van der Waals surface area contributed by atoms with E-state index >= 15 is 0 Å².